The number of fused-ring (bicyclic) bond motifs is 1. The molecule has 152 valence electrons. The molecular weight excluding hydrogens is 402 g/mol. The summed E-state index contributed by atoms with van der Waals surface area (Å²) < 4.78 is 6.76. The highest BCUT2D eigenvalue weighted by Gasteiger charge is 2.16. The molecule has 8 nitrogen and oxygen atoms in total. The second kappa shape index (κ2) is 8.42. The summed E-state index contributed by atoms with van der Waals surface area (Å²) in [5.41, 5.74) is 2.40. The van der Waals surface area contributed by atoms with Crippen LogP contribution in [0.1, 0.15) is 5.56 Å². The molecule has 0 unspecified atom stereocenters. The molecule has 0 bridgehead atoms. The van der Waals surface area contributed by atoms with Gasteiger partial charge in [-0.1, -0.05) is 41.6 Å². The van der Waals surface area contributed by atoms with Gasteiger partial charge in [0.25, 0.3) is 5.56 Å². The molecule has 2 aromatic carbocycles. The van der Waals surface area contributed by atoms with Crippen LogP contribution in [0.3, 0.4) is 0 Å². The maximum absolute atomic E-state index is 13.0. The van der Waals surface area contributed by atoms with Crippen LogP contribution in [0.4, 0.5) is 5.69 Å². The number of benzene rings is 2. The maximum atomic E-state index is 13.0. The number of carbonyl (C=O) groups excluding carboxylic acids is 1. The van der Waals surface area contributed by atoms with Crippen LogP contribution in [-0.2, 0) is 4.79 Å². The highest BCUT2D eigenvalue weighted by atomic mass is 32.2. The number of nitrogens with one attached hydrogen (secondary N) is 2. The second-order valence-electron chi connectivity index (χ2n) is 6.53. The summed E-state index contributed by atoms with van der Waals surface area (Å²) in [6, 6.07) is 14.7. The fourth-order valence-electron chi connectivity index (χ4n) is 2.96. The summed E-state index contributed by atoms with van der Waals surface area (Å²) in [5.74, 6) is 0.395. The average molecular weight is 421 g/mol. The van der Waals surface area contributed by atoms with Crippen LogP contribution in [0, 0.1) is 6.92 Å². The number of hydrogen-bond acceptors (Lipinski definition) is 6. The number of nitrogens with zero attached hydrogens (tertiary/aromatic N) is 3. The second-order valence-corrected chi connectivity index (χ2v) is 7.47. The summed E-state index contributed by atoms with van der Waals surface area (Å²) in [4.78, 5) is 30.1. The van der Waals surface area contributed by atoms with Gasteiger partial charge in [0.05, 0.1) is 24.2 Å². The quantitative estimate of drug-likeness (QED) is 0.366. The van der Waals surface area contributed by atoms with E-state index in [1.807, 2.05) is 43.3 Å². The fraction of sp³-hybridized carbons (Fsp3) is 0.143. The molecule has 0 fully saturated rings. The number of ether oxygens (including phenoxy) is 1. The predicted molar refractivity (Wildman–Crippen MR) is 117 cm³/mol. The van der Waals surface area contributed by atoms with Crippen LogP contribution in [0.5, 0.6) is 5.75 Å². The third kappa shape index (κ3) is 3.92. The number of thioether (sulfide) groups is 1. The van der Waals surface area contributed by atoms with Crippen molar-refractivity contribution in [2.24, 2.45) is 0 Å². The van der Waals surface area contributed by atoms with Crippen LogP contribution in [0.15, 0.2) is 64.7 Å². The minimum absolute atomic E-state index is 0.0618. The van der Waals surface area contributed by atoms with Gasteiger partial charge in [-0.15, -0.1) is 0 Å². The van der Waals surface area contributed by atoms with E-state index in [0.29, 0.717) is 33.3 Å². The zero-order chi connectivity index (χ0) is 21.1. The van der Waals surface area contributed by atoms with Crippen LogP contribution in [0.25, 0.3) is 16.7 Å². The molecule has 0 saturated carbocycles. The van der Waals surface area contributed by atoms with Gasteiger partial charge < -0.3 is 10.1 Å². The number of carbonyl (C=O) groups is 1. The van der Waals surface area contributed by atoms with Crippen molar-refractivity contribution in [3.05, 3.63) is 70.6 Å². The van der Waals surface area contributed by atoms with Gasteiger partial charge in [-0.25, -0.2) is 4.98 Å². The van der Waals surface area contributed by atoms with Gasteiger partial charge in [-0.3, -0.25) is 19.3 Å². The van der Waals surface area contributed by atoms with Gasteiger partial charge in [0.15, 0.2) is 10.8 Å². The number of H-pyrrole nitrogens is 1. The van der Waals surface area contributed by atoms with Gasteiger partial charge in [-0.2, -0.15) is 5.10 Å². The molecule has 30 heavy (non-hydrogen) atoms. The van der Waals surface area contributed by atoms with Crippen molar-refractivity contribution in [2.45, 2.75) is 12.1 Å². The minimum Gasteiger partial charge on any atom is -0.495 e. The summed E-state index contributed by atoms with van der Waals surface area (Å²) in [6.07, 6.45) is 1.53. The van der Waals surface area contributed by atoms with E-state index in [1.165, 1.54) is 10.8 Å². The van der Waals surface area contributed by atoms with Crippen molar-refractivity contribution in [1.82, 2.24) is 19.7 Å². The predicted octanol–water partition coefficient (Wildman–Crippen LogP) is 3.16. The molecule has 0 spiro atoms. The van der Waals surface area contributed by atoms with Gasteiger partial charge >= 0.3 is 0 Å². The lowest BCUT2D eigenvalue weighted by atomic mass is 10.2. The lowest BCUT2D eigenvalue weighted by molar-refractivity contribution is -0.113. The maximum Gasteiger partial charge on any atom is 0.269 e. The Labute approximate surface area is 176 Å². The molecule has 1 amide bonds. The Hall–Kier alpha value is -3.59. The minimum atomic E-state index is -0.245. The molecule has 0 saturated heterocycles. The number of aromatic nitrogens is 4. The topological polar surface area (TPSA) is 102 Å². The van der Waals surface area contributed by atoms with Crippen LogP contribution in [0.2, 0.25) is 0 Å². The highest BCUT2D eigenvalue weighted by Crippen LogP contribution is 2.25. The third-order valence-electron chi connectivity index (χ3n) is 4.45. The third-order valence-corrected chi connectivity index (χ3v) is 5.39. The number of anilines is 1. The Bertz CT molecular complexity index is 1260. The standard InChI is InChI=1S/C21H19N5O3S/c1-13-7-9-14(10-8-13)26-20(28)15-11-22-25-19(15)24-21(26)30-12-18(27)23-16-5-3-4-6-17(16)29-2/h3-11H,12H2,1-2H3,(H,22,25)(H,23,27). The zero-order valence-corrected chi connectivity index (χ0v) is 17.2. The van der Waals surface area contributed by atoms with Crippen molar-refractivity contribution in [1.29, 1.82) is 0 Å². The monoisotopic (exact) mass is 421 g/mol. The van der Waals surface area contributed by atoms with E-state index in [9.17, 15) is 9.59 Å². The van der Waals surface area contributed by atoms with Gasteiger partial charge in [0.1, 0.15) is 11.1 Å². The number of rotatable bonds is 6. The summed E-state index contributed by atoms with van der Waals surface area (Å²) in [6.45, 7) is 1.97. The lowest BCUT2D eigenvalue weighted by Crippen LogP contribution is -2.22. The lowest BCUT2D eigenvalue weighted by Gasteiger charge is -2.13. The van der Waals surface area contributed by atoms with Crippen LogP contribution < -0.4 is 15.6 Å². The van der Waals surface area contributed by atoms with E-state index in [-0.39, 0.29) is 17.2 Å². The van der Waals surface area contributed by atoms with E-state index in [1.54, 1.807) is 19.2 Å². The molecule has 0 aliphatic carbocycles. The number of para-hydroxylation sites is 2. The summed E-state index contributed by atoms with van der Waals surface area (Å²) in [7, 11) is 1.54. The molecular formula is C21H19N5O3S. The Kier molecular flexibility index (Phi) is 5.53. The fourth-order valence-corrected chi connectivity index (χ4v) is 3.76. The molecule has 4 rings (SSSR count). The van der Waals surface area contributed by atoms with Crippen molar-refractivity contribution in [3.8, 4) is 11.4 Å². The molecule has 0 atom stereocenters. The normalized spacial score (nSPS) is 10.9. The summed E-state index contributed by atoms with van der Waals surface area (Å²) >= 11 is 1.16. The molecule has 2 N–H and O–H groups in total. The van der Waals surface area contributed by atoms with E-state index in [0.717, 1.165) is 17.3 Å². The first-order valence-corrected chi connectivity index (χ1v) is 10.1. The van der Waals surface area contributed by atoms with E-state index in [2.05, 4.69) is 20.5 Å². The van der Waals surface area contributed by atoms with Gasteiger partial charge in [-0.05, 0) is 31.2 Å². The molecule has 4 aromatic rings. The number of hydrogen-bond donors (Lipinski definition) is 2. The number of aryl methyl sites for hydroxylation is 1. The number of methoxy groups -OCH3 is 1. The Morgan fingerprint density at radius 1 is 1.20 bits per heavy atom. The molecule has 0 aliphatic rings. The SMILES string of the molecule is COc1ccccc1NC(=O)CSc1nc2n[nH]cc2c(=O)n1-c1ccc(C)cc1. The van der Waals surface area contributed by atoms with Crippen LogP contribution >= 0.6 is 11.8 Å². The zero-order valence-electron chi connectivity index (χ0n) is 16.4. The first kappa shape index (κ1) is 19.7. The molecule has 2 heterocycles. The Morgan fingerprint density at radius 2 is 1.97 bits per heavy atom. The average Bonchev–Trinajstić information content (AvgIpc) is 3.23. The van der Waals surface area contributed by atoms with E-state index in [4.69, 9.17) is 4.74 Å². The van der Waals surface area contributed by atoms with Crippen molar-refractivity contribution in [2.75, 3.05) is 18.2 Å². The Morgan fingerprint density at radius 3 is 2.73 bits per heavy atom. The molecule has 2 aromatic heterocycles. The Balaban J connectivity index is 1.63. The van der Waals surface area contributed by atoms with Crippen molar-refractivity contribution >= 4 is 34.4 Å². The number of aromatic amines is 1. The summed E-state index contributed by atoms with van der Waals surface area (Å²) in [5, 5.41) is 10.3. The van der Waals surface area contributed by atoms with Gasteiger partial charge in [0.2, 0.25) is 5.91 Å². The van der Waals surface area contributed by atoms with E-state index >= 15 is 0 Å². The van der Waals surface area contributed by atoms with Crippen molar-refractivity contribution < 1.29 is 9.53 Å². The largest absolute Gasteiger partial charge is 0.495 e. The van der Waals surface area contributed by atoms with Crippen LogP contribution in [-0.4, -0.2) is 38.5 Å². The molecule has 0 aliphatic heterocycles. The van der Waals surface area contributed by atoms with E-state index < -0.39 is 0 Å². The first-order chi connectivity index (χ1) is 14.6. The first-order valence-electron chi connectivity index (χ1n) is 9.16. The molecule has 0 radical (unpaired) electrons. The number of amides is 1. The highest BCUT2D eigenvalue weighted by molar-refractivity contribution is 7.99. The smallest absolute Gasteiger partial charge is 0.269 e. The molecule has 9 heteroatoms. The van der Waals surface area contributed by atoms with Crippen molar-refractivity contribution in [3.63, 3.8) is 0 Å². The van der Waals surface area contributed by atoms with Gasteiger partial charge in [0, 0.05) is 6.20 Å².